The third-order valence-electron chi connectivity index (χ3n) is 6.02. The van der Waals surface area contributed by atoms with Gasteiger partial charge in [0.1, 0.15) is 6.04 Å². The van der Waals surface area contributed by atoms with E-state index in [-0.39, 0.29) is 23.8 Å². The number of amides is 3. The molecule has 0 aromatic carbocycles. The summed E-state index contributed by atoms with van der Waals surface area (Å²) in [6, 6.07) is -0.262. The summed E-state index contributed by atoms with van der Waals surface area (Å²) in [5.74, 6) is 0.364. The van der Waals surface area contributed by atoms with Crippen LogP contribution in [-0.2, 0) is 14.4 Å². The van der Waals surface area contributed by atoms with E-state index in [9.17, 15) is 14.4 Å². The van der Waals surface area contributed by atoms with Crippen LogP contribution in [0.25, 0.3) is 0 Å². The van der Waals surface area contributed by atoms with Crippen molar-refractivity contribution in [3.63, 3.8) is 0 Å². The number of carbonyl (C=O) groups is 3. The van der Waals surface area contributed by atoms with Gasteiger partial charge < -0.3 is 14.7 Å². The van der Waals surface area contributed by atoms with Crippen molar-refractivity contribution in [2.24, 2.45) is 0 Å². The SMILES string of the molecule is O=C(CCCC(=O)N1CCC[C@H]1C(=O)N1CCCC1)N1CCCCCC1. The third-order valence-corrected chi connectivity index (χ3v) is 6.02. The molecule has 3 aliphatic rings. The monoisotopic (exact) mass is 363 g/mol. The summed E-state index contributed by atoms with van der Waals surface area (Å²) in [7, 11) is 0. The van der Waals surface area contributed by atoms with Crippen LogP contribution in [0.2, 0.25) is 0 Å². The molecule has 0 aromatic heterocycles. The molecule has 3 amide bonds. The van der Waals surface area contributed by atoms with Crippen molar-refractivity contribution in [3.8, 4) is 0 Å². The van der Waals surface area contributed by atoms with Crippen molar-refractivity contribution >= 4 is 17.7 Å². The normalized spacial score (nSPS) is 24.0. The van der Waals surface area contributed by atoms with E-state index in [0.29, 0.717) is 25.8 Å². The molecule has 6 heteroatoms. The molecule has 3 heterocycles. The predicted molar refractivity (Wildman–Crippen MR) is 99.4 cm³/mol. The maximum Gasteiger partial charge on any atom is 0.245 e. The molecule has 3 saturated heterocycles. The van der Waals surface area contributed by atoms with Crippen LogP contribution < -0.4 is 0 Å². The first-order chi connectivity index (χ1) is 12.7. The van der Waals surface area contributed by atoms with Crippen molar-refractivity contribution in [1.82, 2.24) is 14.7 Å². The van der Waals surface area contributed by atoms with Crippen LogP contribution in [0.5, 0.6) is 0 Å². The Bertz CT molecular complexity index is 508. The Morgan fingerprint density at radius 1 is 0.654 bits per heavy atom. The second kappa shape index (κ2) is 9.38. The van der Waals surface area contributed by atoms with E-state index >= 15 is 0 Å². The van der Waals surface area contributed by atoms with Gasteiger partial charge in [0.15, 0.2) is 0 Å². The molecule has 0 saturated carbocycles. The average molecular weight is 364 g/mol. The van der Waals surface area contributed by atoms with Crippen molar-refractivity contribution in [2.45, 2.75) is 76.7 Å². The Morgan fingerprint density at radius 2 is 1.23 bits per heavy atom. The second-order valence-corrected chi connectivity index (χ2v) is 7.93. The quantitative estimate of drug-likeness (QED) is 0.752. The number of rotatable bonds is 5. The zero-order valence-electron chi connectivity index (χ0n) is 16.0. The molecule has 0 radical (unpaired) electrons. The fraction of sp³-hybridized carbons (Fsp3) is 0.850. The lowest BCUT2D eigenvalue weighted by molar-refractivity contribution is -0.143. The number of likely N-dealkylation sites (tertiary alicyclic amines) is 3. The van der Waals surface area contributed by atoms with Crippen LogP contribution in [0.1, 0.15) is 70.6 Å². The summed E-state index contributed by atoms with van der Waals surface area (Å²) >= 11 is 0. The first kappa shape index (κ1) is 19.2. The van der Waals surface area contributed by atoms with Crippen molar-refractivity contribution in [2.75, 3.05) is 32.7 Å². The Balaban J connectivity index is 1.43. The minimum absolute atomic E-state index is 0.0451. The van der Waals surface area contributed by atoms with Gasteiger partial charge in [-0.15, -0.1) is 0 Å². The first-order valence-corrected chi connectivity index (χ1v) is 10.5. The van der Waals surface area contributed by atoms with Crippen LogP contribution >= 0.6 is 0 Å². The van der Waals surface area contributed by atoms with E-state index in [4.69, 9.17) is 0 Å². The molecule has 3 rings (SSSR count). The van der Waals surface area contributed by atoms with Gasteiger partial charge in [-0.25, -0.2) is 0 Å². The lowest BCUT2D eigenvalue weighted by atomic mass is 10.1. The second-order valence-electron chi connectivity index (χ2n) is 7.93. The predicted octanol–water partition coefficient (Wildman–Crippen LogP) is 2.17. The molecule has 3 fully saturated rings. The van der Waals surface area contributed by atoms with Crippen molar-refractivity contribution in [3.05, 3.63) is 0 Å². The molecule has 1 atom stereocenters. The van der Waals surface area contributed by atoms with Crippen molar-refractivity contribution in [1.29, 1.82) is 0 Å². The van der Waals surface area contributed by atoms with Crippen LogP contribution in [0, 0.1) is 0 Å². The maximum absolute atomic E-state index is 12.7. The Labute approximate surface area is 156 Å². The molecule has 0 bridgehead atoms. The zero-order valence-corrected chi connectivity index (χ0v) is 16.0. The Hall–Kier alpha value is -1.59. The molecule has 0 aliphatic carbocycles. The Kier molecular flexibility index (Phi) is 6.92. The minimum Gasteiger partial charge on any atom is -0.343 e. The average Bonchev–Trinajstić information content (AvgIpc) is 3.28. The molecule has 3 aliphatic heterocycles. The van der Waals surface area contributed by atoms with Crippen LogP contribution in [0.3, 0.4) is 0 Å². The van der Waals surface area contributed by atoms with E-state index in [1.807, 2.05) is 9.80 Å². The summed E-state index contributed by atoms with van der Waals surface area (Å²) in [5, 5.41) is 0. The van der Waals surface area contributed by atoms with E-state index in [1.165, 1.54) is 12.8 Å². The Morgan fingerprint density at radius 3 is 1.92 bits per heavy atom. The molecular weight excluding hydrogens is 330 g/mol. The molecule has 0 N–H and O–H groups in total. The van der Waals surface area contributed by atoms with Gasteiger partial charge in [0.05, 0.1) is 0 Å². The van der Waals surface area contributed by atoms with Gasteiger partial charge in [0.2, 0.25) is 17.7 Å². The fourth-order valence-electron chi connectivity index (χ4n) is 4.48. The summed E-state index contributed by atoms with van der Waals surface area (Å²) < 4.78 is 0. The standard InChI is InChI=1S/C20H33N3O3/c24-18(21-12-3-1-2-4-13-21)10-7-11-19(25)23-16-8-9-17(23)20(26)22-14-5-6-15-22/h17H,1-16H2/t17-/m0/s1. The first-order valence-electron chi connectivity index (χ1n) is 10.5. The number of nitrogens with zero attached hydrogens (tertiary/aromatic N) is 3. The molecule has 146 valence electrons. The summed E-state index contributed by atoms with van der Waals surface area (Å²) in [5.41, 5.74) is 0. The van der Waals surface area contributed by atoms with E-state index in [1.54, 1.807) is 4.90 Å². The number of carbonyl (C=O) groups excluding carboxylic acids is 3. The van der Waals surface area contributed by atoms with Crippen LogP contribution in [-0.4, -0.2) is 71.2 Å². The molecule has 0 spiro atoms. The van der Waals surface area contributed by atoms with Gasteiger partial charge in [0.25, 0.3) is 0 Å². The fourth-order valence-corrected chi connectivity index (χ4v) is 4.48. The van der Waals surface area contributed by atoms with Gasteiger partial charge in [-0.05, 0) is 44.9 Å². The highest BCUT2D eigenvalue weighted by molar-refractivity contribution is 5.88. The van der Waals surface area contributed by atoms with E-state index in [0.717, 1.165) is 64.7 Å². The van der Waals surface area contributed by atoms with E-state index < -0.39 is 0 Å². The molecule has 26 heavy (non-hydrogen) atoms. The topological polar surface area (TPSA) is 60.9 Å². The summed E-state index contributed by atoms with van der Waals surface area (Å²) in [6.45, 7) is 4.09. The van der Waals surface area contributed by atoms with Gasteiger partial charge in [-0.1, -0.05) is 12.8 Å². The number of hydrogen-bond acceptors (Lipinski definition) is 3. The van der Waals surface area contributed by atoms with Crippen molar-refractivity contribution < 1.29 is 14.4 Å². The third kappa shape index (κ3) is 4.77. The van der Waals surface area contributed by atoms with Gasteiger partial charge in [0, 0.05) is 45.6 Å². The largest absolute Gasteiger partial charge is 0.343 e. The highest BCUT2D eigenvalue weighted by Gasteiger charge is 2.36. The van der Waals surface area contributed by atoms with Crippen LogP contribution in [0.15, 0.2) is 0 Å². The lowest BCUT2D eigenvalue weighted by Gasteiger charge is -2.28. The van der Waals surface area contributed by atoms with Gasteiger partial charge in [-0.2, -0.15) is 0 Å². The molecular formula is C20H33N3O3. The number of hydrogen-bond donors (Lipinski definition) is 0. The highest BCUT2D eigenvalue weighted by atomic mass is 16.2. The minimum atomic E-state index is -0.262. The summed E-state index contributed by atoms with van der Waals surface area (Å²) in [4.78, 5) is 43.3. The summed E-state index contributed by atoms with van der Waals surface area (Å²) in [6.07, 6.45) is 9.88. The highest BCUT2D eigenvalue weighted by Crippen LogP contribution is 2.23. The van der Waals surface area contributed by atoms with Gasteiger partial charge >= 0.3 is 0 Å². The molecule has 6 nitrogen and oxygen atoms in total. The van der Waals surface area contributed by atoms with Gasteiger partial charge in [-0.3, -0.25) is 14.4 Å². The molecule has 0 aromatic rings. The molecule has 0 unspecified atom stereocenters. The lowest BCUT2D eigenvalue weighted by Crippen LogP contribution is -2.46. The zero-order chi connectivity index (χ0) is 18.4. The smallest absolute Gasteiger partial charge is 0.245 e. The maximum atomic E-state index is 12.7. The van der Waals surface area contributed by atoms with E-state index in [2.05, 4.69) is 0 Å². The van der Waals surface area contributed by atoms with Crippen LogP contribution in [0.4, 0.5) is 0 Å².